The Balaban J connectivity index is 2.22. The van der Waals surface area contributed by atoms with E-state index >= 15 is 0 Å². The average Bonchev–Trinajstić information content (AvgIpc) is 2.87. The largest absolute Gasteiger partial charge is 0.292 e. The molecule has 0 bridgehead atoms. The van der Waals surface area contributed by atoms with Crippen LogP contribution in [0.2, 0.25) is 0 Å². The van der Waals surface area contributed by atoms with Crippen molar-refractivity contribution in [3.8, 4) is 0 Å². The molecule has 1 heterocycles. The van der Waals surface area contributed by atoms with E-state index in [2.05, 4.69) is 15.9 Å². The van der Waals surface area contributed by atoms with Crippen molar-refractivity contribution in [2.75, 3.05) is 5.75 Å². The number of ketones is 1. The fraction of sp³-hybridized carbons (Fsp3) is 0.214. The second kappa shape index (κ2) is 6.20. The molecule has 20 heavy (non-hydrogen) atoms. The molecule has 0 radical (unpaired) electrons. The Kier molecular flexibility index (Phi) is 4.78. The topological polar surface area (TPSA) is 51.2 Å². The molecule has 2 rings (SSSR count). The molecular weight excluding hydrogens is 360 g/mol. The average molecular weight is 373 g/mol. The zero-order valence-corrected chi connectivity index (χ0v) is 14.0. The van der Waals surface area contributed by atoms with Crippen molar-refractivity contribution in [3.63, 3.8) is 0 Å². The van der Waals surface area contributed by atoms with Crippen LogP contribution in [-0.2, 0) is 16.3 Å². The lowest BCUT2D eigenvalue weighted by molar-refractivity contribution is 0.102. The maximum Gasteiger partial charge on any atom is 0.188 e. The summed E-state index contributed by atoms with van der Waals surface area (Å²) in [5.74, 6) is -0.845. The highest BCUT2D eigenvalue weighted by molar-refractivity contribution is 9.10. The number of aryl methyl sites for hydroxylation is 1. The van der Waals surface area contributed by atoms with Crippen molar-refractivity contribution in [2.45, 2.75) is 18.2 Å². The van der Waals surface area contributed by atoms with Crippen LogP contribution in [0.3, 0.4) is 0 Å². The van der Waals surface area contributed by atoms with Gasteiger partial charge in [-0.05, 0) is 36.8 Å². The summed E-state index contributed by atoms with van der Waals surface area (Å²) in [6.45, 7) is 2.00. The molecule has 0 atom stereocenters. The number of halogens is 1. The van der Waals surface area contributed by atoms with Crippen LogP contribution in [0, 0.1) is 0 Å². The van der Waals surface area contributed by atoms with Crippen LogP contribution in [-0.4, -0.2) is 20.0 Å². The van der Waals surface area contributed by atoms with E-state index in [-0.39, 0.29) is 10.7 Å². The number of rotatable bonds is 5. The molecular formula is C14H13BrO3S2. The van der Waals surface area contributed by atoms with Crippen molar-refractivity contribution in [3.05, 3.63) is 50.6 Å². The minimum absolute atomic E-state index is 0.160. The second-order valence-electron chi connectivity index (χ2n) is 4.26. The molecule has 0 saturated carbocycles. The number of carbonyl (C=O) groups excluding carboxylic acids is 1. The molecule has 0 fully saturated rings. The number of carbonyl (C=O) groups is 1. The zero-order valence-electron chi connectivity index (χ0n) is 10.8. The van der Waals surface area contributed by atoms with Crippen molar-refractivity contribution in [1.82, 2.24) is 0 Å². The van der Waals surface area contributed by atoms with Gasteiger partial charge in [-0.3, -0.25) is 4.79 Å². The number of hydrogen-bond acceptors (Lipinski definition) is 4. The van der Waals surface area contributed by atoms with Crippen LogP contribution in [0.5, 0.6) is 0 Å². The molecule has 3 nitrogen and oxygen atoms in total. The highest BCUT2D eigenvalue weighted by Gasteiger charge is 2.21. The van der Waals surface area contributed by atoms with E-state index in [4.69, 9.17) is 0 Å². The quantitative estimate of drug-likeness (QED) is 0.751. The lowest BCUT2D eigenvalue weighted by Crippen LogP contribution is -2.15. The smallest absolute Gasteiger partial charge is 0.188 e. The van der Waals surface area contributed by atoms with Gasteiger partial charge in [0.15, 0.2) is 15.6 Å². The van der Waals surface area contributed by atoms with Gasteiger partial charge in [0.25, 0.3) is 0 Å². The highest BCUT2D eigenvalue weighted by atomic mass is 79.9. The van der Waals surface area contributed by atoms with Crippen LogP contribution >= 0.6 is 27.3 Å². The first-order valence-electron chi connectivity index (χ1n) is 6.02. The number of benzene rings is 1. The Bertz CT molecular complexity index is 732. The predicted octanol–water partition coefficient (Wildman–Crippen LogP) is 3.73. The van der Waals surface area contributed by atoms with Gasteiger partial charge in [0.1, 0.15) is 5.75 Å². The molecule has 0 unspecified atom stereocenters. The first-order valence-corrected chi connectivity index (χ1v) is 9.29. The third-order valence-corrected chi connectivity index (χ3v) is 6.14. The Morgan fingerprint density at radius 2 is 2.00 bits per heavy atom. The van der Waals surface area contributed by atoms with E-state index in [9.17, 15) is 13.2 Å². The van der Waals surface area contributed by atoms with Crippen LogP contribution in [0.4, 0.5) is 0 Å². The van der Waals surface area contributed by atoms with Crippen molar-refractivity contribution in [2.24, 2.45) is 0 Å². The minimum Gasteiger partial charge on any atom is -0.292 e. The highest BCUT2D eigenvalue weighted by Crippen LogP contribution is 2.21. The van der Waals surface area contributed by atoms with E-state index in [1.165, 1.54) is 23.5 Å². The van der Waals surface area contributed by atoms with Gasteiger partial charge < -0.3 is 0 Å². The first-order chi connectivity index (χ1) is 9.42. The SMILES string of the molecule is CCc1ccc(C(=O)CS(=O)(=O)c2cccc(Br)c2)s1. The maximum atomic E-state index is 12.2. The van der Waals surface area contributed by atoms with Crippen LogP contribution in [0.25, 0.3) is 0 Å². The summed E-state index contributed by atoms with van der Waals surface area (Å²) in [5, 5.41) is 0. The number of Topliss-reactive ketones (excluding diaryl/α,β-unsaturated/α-hetero) is 1. The van der Waals surface area contributed by atoms with Crippen LogP contribution in [0.1, 0.15) is 21.5 Å². The molecule has 0 aliphatic carbocycles. The summed E-state index contributed by atoms with van der Waals surface area (Å²) in [4.78, 5) is 13.8. The van der Waals surface area contributed by atoms with E-state index in [0.29, 0.717) is 9.35 Å². The molecule has 1 aromatic heterocycles. The van der Waals surface area contributed by atoms with Crippen molar-refractivity contribution >= 4 is 42.9 Å². The van der Waals surface area contributed by atoms with Crippen molar-refractivity contribution in [1.29, 1.82) is 0 Å². The summed E-state index contributed by atoms with van der Waals surface area (Å²) in [5.41, 5.74) is 0. The van der Waals surface area contributed by atoms with E-state index in [1.54, 1.807) is 18.2 Å². The molecule has 106 valence electrons. The molecule has 0 aliphatic heterocycles. The Labute approximate surface area is 130 Å². The predicted molar refractivity (Wildman–Crippen MR) is 84.2 cm³/mol. The summed E-state index contributed by atoms with van der Waals surface area (Å²) in [6.07, 6.45) is 0.844. The fourth-order valence-corrected chi connectivity index (χ4v) is 4.49. The second-order valence-corrected chi connectivity index (χ2v) is 8.33. The Hall–Kier alpha value is -0.980. The number of sulfone groups is 1. The molecule has 0 amide bonds. The number of thiophene rings is 1. The lowest BCUT2D eigenvalue weighted by Gasteiger charge is -2.03. The zero-order chi connectivity index (χ0) is 14.8. The van der Waals surface area contributed by atoms with Gasteiger partial charge in [-0.25, -0.2) is 8.42 Å². The van der Waals surface area contributed by atoms with E-state index < -0.39 is 15.6 Å². The Morgan fingerprint density at radius 1 is 1.25 bits per heavy atom. The van der Waals surface area contributed by atoms with Crippen LogP contribution in [0.15, 0.2) is 45.8 Å². The molecule has 0 aliphatic rings. The number of hydrogen-bond donors (Lipinski definition) is 0. The fourth-order valence-electron chi connectivity index (χ4n) is 1.71. The molecule has 1 aromatic carbocycles. The molecule has 6 heteroatoms. The van der Waals surface area contributed by atoms with Gasteiger partial charge in [0.2, 0.25) is 0 Å². The summed E-state index contributed by atoms with van der Waals surface area (Å²) in [6, 6.07) is 9.95. The Morgan fingerprint density at radius 3 is 2.60 bits per heavy atom. The van der Waals surface area contributed by atoms with E-state index in [1.807, 2.05) is 13.0 Å². The van der Waals surface area contributed by atoms with Gasteiger partial charge in [-0.2, -0.15) is 0 Å². The lowest BCUT2D eigenvalue weighted by atomic mass is 10.3. The van der Waals surface area contributed by atoms with Gasteiger partial charge >= 0.3 is 0 Å². The monoisotopic (exact) mass is 372 g/mol. The molecule has 2 aromatic rings. The minimum atomic E-state index is -3.60. The summed E-state index contributed by atoms with van der Waals surface area (Å²) < 4.78 is 25.1. The standard InChI is InChI=1S/C14H13BrO3S2/c1-2-11-6-7-14(19-11)13(16)9-20(17,18)12-5-3-4-10(15)8-12/h3-8H,2,9H2,1H3. The van der Waals surface area contributed by atoms with Crippen LogP contribution < -0.4 is 0 Å². The third kappa shape index (κ3) is 3.56. The molecule has 0 saturated heterocycles. The molecule has 0 spiro atoms. The van der Waals surface area contributed by atoms with Gasteiger partial charge in [-0.15, -0.1) is 11.3 Å². The van der Waals surface area contributed by atoms with Gasteiger partial charge in [0, 0.05) is 9.35 Å². The van der Waals surface area contributed by atoms with Crippen molar-refractivity contribution < 1.29 is 13.2 Å². The third-order valence-electron chi connectivity index (χ3n) is 2.76. The summed E-state index contributed by atoms with van der Waals surface area (Å²) >= 11 is 4.59. The van der Waals surface area contributed by atoms with Gasteiger partial charge in [-0.1, -0.05) is 28.9 Å². The maximum absolute atomic E-state index is 12.2. The summed E-state index contributed by atoms with van der Waals surface area (Å²) in [7, 11) is -3.60. The first kappa shape index (κ1) is 15.4. The normalized spacial score (nSPS) is 11.5. The van der Waals surface area contributed by atoms with Gasteiger partial charge in [0.05, 0.1) is 9.77 Å². The molecule has 0 N–H and O–H groups in total. The van der Waals surface area contributed by atoms with E-state index in [0.717, 1.165) is 11.3 Å².